The van der Waals surface area contributed by atoms with E-state index in [1.807, 2.05) is 45.0 Å². The SMILES string of the molecule is CCOC(=O)C1(Nc2ccccc2C)CCOC1C. The topological polar surface area (TPSA) is 47.6 Å². The van der Waals surface area contributed by atoms with Crippen molar-refractivity contribution in [3.63, 3.8) is 0 Å². The van der Waals surface area contributed by atoms with E-state index in [9.17, 15) is 4.79 Å². The van der Waals surface area contributed by atoms with Gasteiger partial charge in [0.2, 0.25) is 0 Å². The number of hydrogen-bond donors (Lipinski definition) is 1. The second-order valence-corrected chi connectivity index (χ2v) is 4.89. The molecule has 4 heteroatoms. The fourth-order valence-electron chi connectivity index (χ4n) is 2.44. The predicted molar refractivity (Wildman–Crippen MR) is 74.2 cm³/mol. The summed E-state index contributed by atoms with van der Waals surface area (Å²) < 4.78 is 10.8. The van der Waals surface area contributed by atoms with Gasteiger partial charge < -0.3 is 14.8 Å². The van der Waals surface area contributed by atoms with Crippen LogP contribution in [0.2, 0.25) is 0 Å². The Morgan fingerprint density at radius 1 is 1.53 bits per heavy atom. The average Bonchev–Trinajstić information content (AvgIpc) is 2.75. The second kappa shape index (κ2) is 5.61. The number of aryl methyl sites for hydroxylation is 1. The molecule has 1 heterocycles. The van der Waals surface area contributed by atoms with Gasteiger partial charge in [-0.2, -0.15) is 0 Å². The Morgan fingerprint density at radius 2 is 2.26 bits per heavy atom. The van der Waals surface area contributed by atoms with E-state index in [0.717, 1.165) is 11.3 Å². The number of benzene rings is 1. The first kappa shape index (κ1) is 13.9. The zero-order valence-electron chi connectivity index (χ0n) is 11.7. The third-order valence-corrected chi connectivity index (χ3v) is 3.70. The standard InChI is InChI=1S/C15H21NO3/c1-4-18-14(17)15(9-10-19-12(15)3)16-13-8-6-5-7-11(13)2/h5-8,12,16H,4,9-10H2,1-3H3. The van der Waals surface area contributed by atoms with E-state index in [2.05, 4.69) is 5.32 Å². The summed E-state index contributed by atoms with van der Waals surface area (Å²) in [5, 5.41) is 3.36. The molecule has 1 aliphatic rings. The summed E-state index contributed by atoms with van der Waals surface area (Å²) in [6.07, 6.45) is 0.424. The molecular weight excluding hydrogens is 242 g/mol. The van der Waals surface area contributed by atoms with Gasteiger partial charge in [0.25, 0.3) is 0 Å². The summed E-state index contributed by atoms with van der Waals surface area (Å²) in [5.74, 6) is -0.233. The molecule has 1 N–H and O–H groups in total. The fraction of sp³-hybridized carbons (Fsp3) is 0.533. The highest BCUT2D eigenvalue weighted by atomic mass is 16.5. The fourth-order valence-corrected chi connectivity index (χ4v) is 2.44. The number of carbonyl (C=O) groups excluding carboxylic acids is 1. The van der Waals surface area contributed by atoms with Crippen LogP contribution in [0.15, 0.2) is 24.3 Å². The number of hydrogen-bond acceptors (Lipinski definition) is 4. The maximum Gasteiger partial charge on any atom is 0.334 e. The molecule has 4 nitrogen and oxygen atoms in total. The van der Waals surface area contributed by atoms with E-state index in [0.29, 0.717) is 19.6 Å². The molecule has 0 amide bonds. The largest absolute Gasteiger partial charge is 0.464 e. The van der Waals surface area contributed by atoms with Crippen molar-refractivity contribution >= 4 is 11.7 Å². The molecule has 0 saturated carbocycles. The van der Waals surface area contributed by atoms with Crippen LogP contribution in [0.1, 0.15) is 25.8 Å². The summed E-state index contributed by atoms with van der Waals surface area (Å²) >= 11 is 0. The van der Waals surface area contributed by atoms with Crippen LogP contribution in [0.25, 0.3) is 0 Å². The third-order valence-electron chi connectivity index (χ3n) is 3.70. The van der Waals surface area contributed by atoms with Crippen molar-refractivity contribution in [2.24, 2.45) is 0 Å². The quantitative estimate of drug-likeness (QED) is 0.848. The predicted octanol–water partition coefficient (Wildman–Crippen LogP) is 2.52. The van der Waals surface area contributed by atoms with Crippen LogP contribution in [0, 0.1) is 6.92 Å². The van der Waals surface area contributed by atoms with Gasteiger partial charge in [0.15, 0.2) is 5.54 Å². The van der Waals surface area contributed by atoms with Crippen molar-refractivity contribution < 1.29 is 14.3 Å². The van der Waals surface area contributed by atoms with Gasteiger partial charge in [-0.3, -0.25) is 0 Å². The van der Waals surface area contributed by atoms with E-state index in [1.54, 1.807) is 0 Å². The van der Waals surface area contributed by atoms with Gasteiger partial charge in [0.1, 0.15) is 0 Å². The van der Waals surface area contributed by atoms with Crippen LogP contribution in [0.5, 0.6) is 0 Å². The number of esters is 1. The van der Waals surface area contributed by atoms with E-state index >= 15 is 0 Å². The Morgan fingerprint density at radius 3 is 2.84 bits per heavy atom. The lowest BCUT2D eigenvalue weighted by Crippen LogP contribution is -2.52. The van der Waals surface area contributed by atoms with Crippen LogP contribution in [0.4, 0.5) is 5.69 Å². The molecule has 104 valence electrons. The molecule has 2 atom stereocenters. The van der Waals surface area contributed by atoms with E-state index < -0.39 is 5.54 Å². The summed E-state index contributed by atoms with van der Waals surface area (Å²) in [4.78, 5) is 12.3. The van der Waals surface area contributed by atoms with Gasteiger partial charge in [-0.15, -0.1) is 0 Å². The number of para-hydroxylation sites is 1. The van der Waals surface area contributed by atoms with Crippen LogP contribution < -0.4 is 5.32 Å². The zero-order chi connectivity index (χ0) is 13.9. The monoisotopic (exact) mass is 263 g/mol. The molecule has 19 heavy (non-hydrogen) atoms. The first-order chi connectivity index (χ1) is 9.10. The van der Waals surface area contributed by atoms with Crippen LogP contribution >= 0.6 is 0 Å². The number of ether oxygens (including phenoxy) is 2. The van der Waals surface area contributed by atoms with E-state index in [1.165, 1.54) is 0 Å². The second-order valence-electron chi connectivity index (χ2n) is 4.89. The third kappa shape index (κ3) is 2.59. The van der Waals surface area contributed by atoms with Crippen LogP contribution in [0.3, 0.4) is 0 Å². The van der Waals surface area contributed by atoms with Crippen molar-refractivity contribution in [3.8, 4) is 0 Å². The molecule has 0 radical (unpaired) electrons. The number of anilines is 1. The molecular formula is C15H21NO3. The van der Waals surface area contributed by atoms with Gasteiger partial charge in [-0.05, 0) is 32.4 Å². The lowest BCUT2D eigenvalue weighted by molar-refractivity contribution is -0.150. The van der Waals surface area contributed by atoms with Crippen molar-refractivity contribution in [2.45, 2.75) is 38.8 Å². The lowest BCUT2D eigenvalue weighted by Gasteiger charge is -2.32. The summed E-state index contributed by atoms with van der Waals surface area (Å²) in [7, 11) is 0. The molecule has 1 aromatic rings. The normalized spacial score (nSPS) is 26.2. The minimum Gasteiger partial charge on any atom is -0.464 e. The number of nitrogens with one attached hydrogen (secondary N) is 1. The first-order valence-electron chi connectivity index (χ1n) is 6.73. The van der Waals surface area contributed by atoms with Gasteiger partial charge in [-0.25, -0.2) is 4.79 Å². The van der Waals surface area contributed by atoms with Crippen LogP contribution in [-0.2, 0) is 14.3 Å². The molecule has 2 rings (SSSR count). The van der Waals surface area contributed by atoms with Crippen molar-refractivity contribution in [2.75, 3.05) is 18.5 Å². The maximum atomic E-state index is 12.3. The van der Waals surface area contributed by atoms with Crippen molar-refractivity contribution in [3.05, 3.63) is 29.8 Å². The first-order valence-corrected chi connectivity index (χ1v) is 6.73. The van der Waals surface area contributed by atoms with Gasteiger partial charge in [-0.1, -0.05) is 18.2 Å². The molecule has 1 fully saturated rings. The molecule has 0 aliphatic carbocycles. The molecule has 2 unspecified atom stereocenters. The Bertz CT molecular complexity index is 460. The smallest absolute Gasteiger partial charge is 0.334 e. The number of rotatable bonds is 4. The summed E-state index contributed by atoms with van der Waals surface area (Å²) in [5.41, 5.74) is 1.28. The summed E-state index contributed by atoms with van der Waals surface area (Å²) in [6, 6.07) is 7.92. The van der Waals surface area contributed by atoms with E-state index in [4.69, 9.17) is 9.47 Å². The minimum absolute atomic E-state index is 0.203. The molecule has 1 saturated heterocycles. The highest BCUT2D eigenvalue weighted by Crippen LogP contribution is 2.32. The molecule has 1 aliphatic heterocycles. The summed E-state index contributed by atoms with van der Waals surface area (Å²) in [6.45, 7) is 6.69. The zero-order valence-corrected chi connectivity index (χ0v) is 11.7. The Balaban J connectivity index is 2.29. The molecule has 0 spiro atoms. The molecule has 0 aromatic heterocycles. The number of carbonyl (C=O) groups is 1. The highest BCUT2D eigenvalue weighted by molar-refractivity contribution is 5.86. The van der Waals surface area contributed by atoms with Gasteiger partial charge in [0, 0.05) is 18.7 Å². The van der Waals surface area contributed by atoms with Crippen LogP contribution in [-0.4, -0.2) is 30.8 Å². The highest BCUT2D eigenvalue weighted by Gasteiger charge is 2.49. The Labute approximate surface area is 114 Å². The lowest BCUT2D eigenvalue weighted by atomic mass is 9.91. The van der Waals surface area contributed by atoms with Gasteiger partial charge >= 0.3 is 5.97 Å². The van der Waals surface area contributed by atoms with Crippen molar-refractivity contribution in [1.29, 1.82) is 0 Å². The Hall–Kier alpha value is -1.55. The Kier molecular flexibility index (Phi) is 4.10. The van der Waals surface area contributed by atoms with Gasteiger partial charge in [0.05, 0.1) is 12.7 Å². The van der Waals surface area contributed by atoms with E-state index in [-0.39, 0.29) is 12.1 Å². The molecule has 1 aromatic carbocycles. The minimum atomic E-state index is -0.776. The van der Waals surface area contributed by atoms with Crippen molar-refractivity contribution in [1.82, 2.24) is 0 Å². The molecule has 0 bridgehead atoms. The average molecular weight is 263 g/mol. The maximum absolute atomic E-state index is 12.3.